The van der Waals surface area contributed by atoms with Crippen molar-refractivity contribution in [1.82, 2.24) is 5.32 Å². The van der Waals surface area contributed by atoms with E-state index in [4.69, 9.17) is 5.11 Å². The summed E-state index contributed by atoms with van der Waals surface area (Å²) in [5, 5.41) is 10.7. The number of hydrogen-bond acceptors (Lipinski definition) is 5. The minimum atomic E-state index is 0.750. The second kappa shape index (κ2) is 8.76. The van der Waals surface area contributed by atoms with Crippen LogP contribution in [0.4, 0.5) is 11.4 Å². The highest BCUT2D eigenvalue weighted by Crippen LogP contribution is 2.27. The van der Waals surface area contributed by atoms with Crippen molar-refractivity contribution in [2.24, 2.45) is 0 Å². The van der Waals surface area contributed by atoms with Crippen LogP contribution in [0.2, 0.25) is 0 Å². The summed E-state index contributed by atoms with van der Waals surface area (Å²) < 4.78 is 2.21. The second-order valence-electron chi connectivity index (χ2n) is 4.57. The van der Waals surface area contributed by atoms with Crippen LogP contribution in [0.15, 0.2) is 31.0 Å². The SMILES string of the molecule is C=CO.CSN(C)c1ccc(N2CCNCC2)cc1C. The van der Waals surface area contributed by atoms with Crippen LogP contribution in [0.3, 0.4) is 0 Å². The third-order valence-electron chi connectivity index (χ3n) is 3.28. The van der Waals surface area contributed by atoms with E-state index in [1.807, 2.05) is 0 Å². The van der Waals surface area contributed by atoms with E-state index in [9.17, 15) is 0 Å². The first-order valence-corrected chi connectivity index (χ1v) is 7.91. The fraction of sp³-hybridized carbons (Fsp3) is 0.467. The van der Waals surface area contributed by atoms with E-state index in [0.29, 0.717) is 0 Å². The molecular weight excluding hydrogens is 270 g/mol. The van der Waals surface area contributed by atoms with Crippen molar-refractivity contribution < 1.29 is 5.11 Å². The molecule has 0 radical (unpaired) electrons. The summed E-state index contributed by atoms with van der Waals surface area (Å²) in [6.45, 7) is 9.50. The van der Waals surface area contributed by atoms with Gasteiger partial charge in [-0.25, -0.2) is 0 Å². The van der Waals surface area contributed by atoms with E-state index >= 15 is 0 Å². The van der Waals surface area contributed by atoms with E-state index in [1.54, 1.807) is 11.9 Å². The van der Waals surface area contributed by atoms with Crippen LogP contribution in [0.5, 0.6) is 0 Å². The lowest BCUT2D eigenvalue weighted by Crippen LogP contribution is -2.43. The number of hydrogen-bond donors (Lipinski definition) is 2. The highest BCUT2D eigenvalue weighted by molar-refractivity contribution is 7.99. The Labute approximate surface area is 126 Å². The monoisotopic (exact) mass is 295 g/mol. The topological polar surface area (TPSA) is 38.7 Å². The summed E-state index contributed by atoms with van der Waals surface area (Å²) in [5.41, 5.74) is 4.00. The predicted octanol–water partition coefficient (Wildman–Crippen LogP) is 2.81. The zero-order valence-corrected chi connectivity index (χ0v) is 13.4. The molecule has 0 unspecified atom stereocenters. The summed E-state index contributed by atoms with van der Waals surface area (Å²) in [4.78, 5) is 2.45. The van der Waals surface area contributed by atoms with E-state index in [1.165, 1.54) is 16.9 Å². The number of aliphatic hydroxyl groups is 1. The lowest BCUT2D eigenvalue weighted by molar-refractivity contribution is 0.476. The summed E-state index contributed by atoms with van der Waals surface area (Å²) in [5.74, 6) is 0. The van der Waals surface area contributed by atoms with Crippen molar-refractivity contribution >= 4 is 23.3 Å². The highest BCUT2D eigenvalue weighted by Gasteiger charge is 2.12. The number of benzene rings is 1. The lowest BCUT2D eigenvalue weighted by Gasteiger charge is -2.30. The van der Waals surface area contributed by atoms with Gasteiger partial charge in [0.2, 0.25) is 0 Å². The first-order valence-electron chi connectivity index (χ1n) is 6.73. The number of nitrogens with one attached hydrogen (secondary N) is 1. The standard InChI is InChI=1S/C13H21N3S.C2H4O/c1-11-10-12(16-8-6-14-7-9-16)4-5-13(11)15(2)17-3;1-2-3/h4-5,10,14H,6-9H2,1-3H3;2-3H,1H2. The van der Waals surface area contributed by atoms with Crippen molar-refractivity contribution in [2.75, 3.05) is 48.7 Å². The maximum Gasteiger partial charge on any atom is 0.0719 e. The predicted molar refractivity (Wildman–Crippen MR) is 91.0 cm³/mol. The zero-order chi connectivity index (χ0) is 15.0. The number of rotatable bonds is 3. The normalized spacial score (nSPS) is 14.2. The minimum absolute atomic E-state index is 0.750. The van der Waals surface area contributed by atoms with Gasteiger partial charge >= 0.3 is 0 Å². The molecule has 2 rings (SSSR count). The Morgan fingerprint density at radius 3 is 2.50 bits per heavy atom. The Hall–Kier alpha value is -1.33. The number of anilines is 2. The van der Waals surface area contributed by atoms with Gasteiger partial charge in [0.15, 0.2) is 0 Å². The van der Waals surface area contributed by atoms with E-state index < -0.39 is 0 Å². The van der Waals surface area contributed by atoms with Gasteiger partial charge in [0.1, 0.15) is 0 Å². The molecule has 0 aromatic heterocycles. The van der Waals surface area contributed by atoms with Crippen molar-refractivity contribution in [1.29, 1.82) is 0 Å². The Balaban J connectivity index is 0.000000612. The van der Waals surface area contributed by atoms with Gasteiger partial charge in [-0.3, -0.25) is 0 Å². The molecule has 0 spiro atoms. The fourth-order valence-electron chi connectivity index (χ4n) is 2.21. The van der Waals surface area contributed by atoms with Gasteiger partial charge in [0.25, 0.3) is 0 Å². The summed E-state index contributed by atoms with van der Waals surface area (Å²) in [7, 11) is 2.11. The molecular formula is C15H25N3OS. The van der Waals surface area contributed by atoms with Crippen molar-refractivity contribution in [3.05, 3.63) is 36.6 Å². The van der Waals surface area contributed by atoms with Gasteiger partial charge in [0.05, 0.1) is 6.26 Å². The molecule has 2 N–H and O–H groups in total. The van der Waals surface area contributed by atoms with E-state index in [-0.39, 0.29) is 0 Å². The lowest BCUT2D eigenvalue weighted by atomic mass is 10.1. The third-order valence-corrected chi connectivity index (χ3v) is 4.02. The molecule has 0 aliphatic carbocycles. The van der Waals surface area contributed by atoms with Crippen LogP contribution >= 0.6 is 11.9 Å². The average Bonchev–Trinajstić information content (AvgIpc) is 2.48. The smallest absolute Gasteiger partial charge is 0.0719 e. The summed E-state index contributed by atoms with van der Waals surface area (Å²) in [6.07, 6.45) is 2.85. The fourth-order valence-corrected chi connectivity index (χ4v) is 2.61. The largest absolute Gasteiger partial charge is 0.516 e. The number of aryl methyl sites for hydroxylation is 1. The number of piperazine rings is 1. The van der Waals surface area contributed by atoms with Crippen LogP contribution in [-0.2, 0) is 0 Å². The van der Waals surface area contributed by atoms with Crippen LogP contribution in [-0.4, -0.2) is 44.6 Å². The van der Waals surface area contributed by atoms with E-state index in [0.717, 1.165) is 32.4 Å². The van der Waals surface area contributed by atoms with Gasteiger partial charge in [-0.1, -0.05) is 18.5 Å². The first kappa shape index (κ1) is 16.7. The molecule has 0 saturated carbocycles. The molecule has 1 aromatic carbocycles. The van der Waals surface area contributed by atoms with Crippen LogP contribution in [0.25, 0.3) is 0 Å². The van der Waals surface area contributed by atoms with Gasteiger partial charge in [-0.15, -0.1) is 0 Å². The zero-order valence-electron chi connectivity index (χ0n) is 12.6. The van der Waals surface area contributed by atoms with E-state index in [2.05, 4.69) is 59.5 Å². The van der Waals surface area contributed by atoms with Crippen LogP contribution in [0, 0.1) is 6.92 Å². The van der Waals surface area contributed by atoms with Crippen molar-refractivity contribution in [3.63, 3.8) is 0 Å². The summed E-state index contributed by atoms with van der Waals surface area (Å²) in [6, 6.07) is 6.76. The molecule has 0 amide bonds. The quantitative estimate of drug-likeness (QED) is 0.663. The molecule has 0 atom stereocenters. The average molecular weight is 295 g/mol. The molecule has 112 valence electrons. The molecule has 1 aromatic rings. The Morgan fingerprint density at radius 1 is 1.40 bits per heavy atom. The highest BCUT2D eigenvalue weighted by atomic mass is 32.2. The van der Waals surface area contributed by atoms with Crippen molar-refractivity contribution in [2.45, 2.75) is 6.92 Å². The maximum atomic E-state index is 7.33. The molecule has 4 nitrogen and oxygen atoms in total. The molecule has 0 bridgehead atoms. The van der Waals surface area contributed by atoms with Crippen LogP contribution in [0.1, 0.15) is 5.56 Å². The Kier molecular flexibility index (Phi) is 7.33. The Morgan fingerprint density at radius 2 is 2.00 bits per heavy atom. The maximum absolute atomic E-state index is 7.33. The second-order valence-corrected chi connectivity index (χ2v) is 5.48. The Bertz CT molecular complexity index is 420. The minimum Gasteiger partial charge on any atom is -0.516 e. The molecule has 5 heteroatoms. The molecule has 1 saturated heterocycles. The number of nitrogens with zero attached hydrogens (tertiary/aromatic N) is 2. The van der Waals surface area contributed by atoms with Gasteiger partial charge in [-0.05, 0) is 30.7 Å². The molecule has 1 fully saturated rings. The first-order chi connectivity index (χ1) is 9.63. The molecule has 1 aliphatic rings. The van der Waals surface area contributed by atoms with Crippen molar-refractivity contribution in [3.8, 4) is 0 Å². The molecule has 1 heterocycles. The molecule has 20 heavy (non-hydrogen) atoms. The van der Waals surface area contributed by atoms with Gasteiger partial charge in [-0.2, -0.15) is 0 Å². The molecule has 1 aliphatic heterocycles. The van der Waals surface area contributed by atoms with Crippen LogP contribution < -0.4 is 14.5 Å². The van der Waals surface area contributed by atoms with Gasteiger partial charge in [0, 0.05) is 50.9 Å². The third kappa shape index (κ3) is 4.65. The summed E-state index contributed by atoms with van der Waals surface area (Å²) >= 11 is 1.74. The van der Waals surface area contributed by atoms with Gasteiger partial charge < -0.3 is 19.6 Å². The number of aliphatic hydroxyl groups excluding tert-OH is 1.